The largest absolute Gasteiger partial charge is 0.465 e. The quantitative estimate of drug-likeness (QED) is 0.880. The van der Waals surface area contributed by atoms with Gasteiger partial charge in [-0.05, 0) is 29.6 Å². The van der Waals surface area contributed by atoms with Gasteiger partial charge in [0, 0.05) is 0 Å². The van der Waals surface area contributed by atoms with E-state index in [4.69, 9.17) is 0 Å². The second kappa shape index (κ2) is 5.59. The maximum absolute atomic E-state index is 13.1. The third kappa shape index (κ3) is 2.97. The van der Waals surface area contributed by atoms with Crippen molar-refractivity contribution >= 4 is 33.0 Å². The fourth-order valence-electron chi connectivity index (χ4n) is 1.48. The van der Waals surface area contributed by atoms with Gasteiger partial charge in [-0.25, -0.2) is 17.6 Å². The molecule has 1 aromatic heterocycles. The van der Waals surface area contributed by atoms with Crippen LogP contribution in [0, 0.1) is 5.82 Å². The molecule has 0 atom stereocenters. The predicted octanol–water partition coefficient (Wildman–Crippen LogP) is 2.47. The van der Waals surface area contributed by atoms with E-state index < -0.39 is 21.8 Å². The van der Waals surface area contributed by atoms with E-state index in [2.05, 4.69) is 9.46 Å². The number of ether oxygens (including phenoxy) is 1. The van der Waals surface area contributed by atoms with Gasteiger partial charge in [-0.2, -0.15) is 0 Å². The minimum atomic E-state index is -3.96. The highest BCUT2D eigenvalue weighted by Crippen LogP contribution is 2.26. The van der Waals surface area contributed by atoms with Gasteiger partial charge in [-0.1, -0.05) is 6.07 Å². The zero-order valence-corrected chi connectivity index (χ0v) is 11.9. The number of carbonyl (C=O) groups excluding carboxylic acids is 1. The fourth-order valence-corrected chi connectivity index (χ4v) is 3.41. The van der Waals surface area contributed by atoms with E-state index in [0.29, 0.717) is 0 Å². The van der Waals surface area contributed by atoms with Crippen molar-refractivity contribution in [3.63, 3.8) is 0 Å². The summed E-state index contributed by atoms with van der Waals surface area (Å²) in [6, 6.07) is 6.03. The Bertz CT molecular complexity index is 739. The molecule has 1 heterocycles. The summed E-state index contributed by atoms with van der Waals surface area (Å²) in [5, 5.41) is 1.55. The van der Waals surface area contributed by atoms with Crippen LogP contribution in [0.1, 0.15) is 9.67 Å². The molecule has 0 spiro atoms. The van der Waals surface area contributed by atoms with Crippen molar-refractivity contribution in [1.82, 2.24) is 0 Å². The summed E-state index contributed by atoms with van der Waals surface area (Å²) in [6.07, 6.45) is 0. The van der Waals surface area contributed by atoms with Crippen LogP contribution in [0.2, 0.25) is 0 Å². The summed E-state index contributed by atoms with van der Waals surface area (Å²) in [5.74, 6) is -1.30. The first-order valence-corrected chi connectivity index (χ1v) is 7.74. The second-order valence-corrected chi connectivity index (χ2v) is 6.32. The molecule has 106 valence electrons. The van der Waals surface area contributed by atoms with Crippen LogP contribution < -0.4 is 4.72 Å². The number of hydrogen-bond donors (Lipinski definition) is 1. The maximum atomic E-state index is 13.1. The Morgan fingerprint density at radius 1 is 1.35 bits per heavy atom. The SMILES string of the molecule is COC(=O)c1sccc1NS(=O)(=O)c1cccc(F)c1. The molecule has 0 aliphatic rings. The molecule has 0 saturated heterocycles. The maximum Gasteiger partial charge on any atom is 0.350 e. The lowest BCUT2D eigenvalue weighted by atomic mass is 10.4. The lowest BCUT2D eigenvalue weighted by Gasteiger charge is -2.08. The summed E-state index contributed by atoms with van der Waals surface area (Å²) < 4.78 is 44.0. The third-order valence-corrected chi connectivity index (χ3v) is 4.64. The van der Waals surface area contributed by atoms with Crippen LogP contribution in [0.25, 0.3) is 0 Å². The Morgan fingerprint density at radius 2 is 2.10 bits per heavy atom. The van der Waals surface area contributed by atoms with Crippen molar-refractivity contribution in [2.45, 2.75) is 4.90 Å². The monoisotopic (exact) mass is 315 g/mol. The standard InChI is InChI=1S/C12H10FNO4S2/c1-18-12(15)11-10(5-6-19-11)14-20(16,17)9-4-2-3-8(13)7-9/h2-7,14H,1H3. The summed E-state index contributed by atoms with van der Waals surface area (Å²) in [4.78, 5) is 11.4. The van der Waals surface area contributed by atoms with Crippen LogP contribution in [0.4, 0.5) is 10.1 Å². The van der Waals surface area contributed by atoms with Gasteiger partial charge in [0.25, 0.3) is 10.0 Å². The first-order chi connectivity index (χ1) is 9.44. The van der Waals surface area contributed by atoms with Crippen molar-refractivity contribution in [2.24, 2.45) is 0 Å². The number of halogens is 1. The lowest BCUT2D eigenvalue weighted by molar-refractivity contribution is 0.0607. The molecule has 2 aromatic rings. The Balaban J connectivity index is 2.34. The molecular formula is C12H10FNO4S2. The highest BCUT2D eigenvalue weighted by molar-refractivity contribution is 7.92. The average Bonchev–Trinajstić information content (AvgIpc) is 2.85. The molecular weight excluding hydrogens is 305 g/mol. The smallest absolute Gasteiger partial charge is 0.350 e. The van der Waals surface area contributed by atoms with E-state index in [-0.39, 0.29) is 15.5 Å². The van der Waals surface area contributed by atoms with E-state index in [1.807, 2.05) is 0 Å². The number of thiophene rings is 1. The first-order valence-electron chi connectivity index (χ1n) is 5.38. The van der Waals surface area contributed by atoms with Gasteiger partial charge in [-0.15, -0.1) is 11.3 Å². The summed E-state index contributed by atoms with van der Waals surface area (Å²) in [5.41, 5.74) is 0.103. The fraction of sp³-hybridized carbons (Fsp3) is 0.0833. The van der Waals surface area contributed by atoms with Gasteiger partial charge in [0.1, 0.15) is 10.7 Å². The van der Waals surface area contributed by atoms with Gasteiger partial charge < -0.3 is 4.74 Å². The Labute approximate surface area is 119 Å². The molecule has 1 aromatic carbocycles. The molecule has 0 bridgehead atoms. The number of methoxy groups -OCH3 is 1. The van der Waals surface area contributed by atoms with Gasteiger partial charge in [0.15, 0.2) is 0 Å². The molecule has 8 heteroatoms. The van der Waals surface area contributed by atoms with E-state index in [1.165, 1.54) is 25.3 Å². The number of benzene rings is 1. The van der Waals surface area contributed by atoms with Crippen LogP contribution >= 0.6 is 11.3 Å². The van der Waals surface area contributed by atoms with Gasteiger partial charge in [0.05, 0.1) is 17.7 Å². The van der Waals surface area contributed by atoms with Crippen LogP contribution in [0.15, 0.2) is 40.6 Å². The van der Waals surface area contributed by atoms with E-state index in [0.717, 1.165) is 23.5 Å². The summed E-state index contributed by atoms with van der Waals surface area (Å²) in [6.45, 7) is 0. The minimum absolute atomic E-state index is 0.103. The molecule has 0 unspecified atom stereocenters. The van der Waals surface area contributed by atoms with Gasteiger partial charge in [-0.3, -0.25) is 4.72 Å². The Kier molecular flexibility index (Phi) is 4.05. The van der Waals surface area contributed by atoms with Crippen molar-refractivity contribution in [2.75, 3.05) is 11.8 Å². The van der Waals surface area contributed by atoms with Crippen molar-refractivity contribution in [1.29, 1.82) is 0 Å². The second-order valence-electron chi connectivity index (χ2n) is 3.72. The molecule has 0 aliphatic heterocycles. The Morgan fingerprint density at radius 3 is 2.75 bits per heavy atom. The Hall–Kier alpha value is -1.93. The number of esters is 1. The molecule has 0 amide bonds. The highest BCUT2D eigenvalue weighted by atomic mass is 32.2. The van der Waals surface area contributed by atoms with Crippen molar-refractivity contribution in [3.8, 4) is 0 Å². The number of sulfonamides is 1. The average molecular weight is 315 g/mol. The van der Waals surface area contributed by atoms with Crippen molar-refractivity contribution in [3.05, 3.63) is 46.4 Å². The van der Waals surface area contributed by atoms with Crippen LogP contribution in [-0.4, -0.2) is 21.5 Å². The number of rotatable bonds is 4. The predicted molar refractivity (Wildman–Crippen MR) is 72.9 cm³/mol. The topological polar surface area (TPSA) is 72.5 Å². The number of carbonyl (C=O) groups is 1. The van der Waals surface area contributed by atoms with Crippen LogP contribution in [-0.2, 0) is 14.8 Å². The van der Waals surface area contributed by atoms with E-state index >= 15 is 0 Å². The first kappa shape index (κ1) is 14.5. The minimum Gasteiger partial charge on any atom is -0.465 e. The van der Waals surface area contributed by atoms with Crippen LogP contribution in [0.3, 0.4) is 0 Å². The normalized spacial score (nSPS) is 11.1. The molecule has 1 N–H and O–H groups in total. The molecule has 0 radical (unpaired) electrons. The van der Waals surface area contributed by atoms with Crippen LogP contribution in [0.5, 0.6) is 0 Å². The third-order valence-electron chi connectivity index (χ3n) is 2.39. The number of hydrogen-bond acceptors (Lipinski definition) is 5. The number of anilines is 1. The van der Waals surface area contributed by atoms with Crippen molar-refractivity contribution < 1.29 is 22.3 Å². The zero-order chi connectivity index (χ0) is 14.8. The molecule has 5 nitrogen and oxygen atoms in total. The highest BCUT2D eigenvalue weighted by Gasteiger charge is 2.20. The molecule has 20 heavy (non-hydrogen) atoms. The van der Waals surface area contributed by atoms with E-state index in [9.17, 15) is 17.6 Å². The van der Waals surface area contributed by atoms with Gasteiger partial charge >= 0.3 is 5.97 Å². The van der Waals surface area contributed by atoms with Gasteiger partial charge in [0.2, 0.25) is 0 Å². The summed E-state index contributed by atoms with van der Waals surface area (Å²) >= 11 is 1.05. The molecule has 0 aliphatic carbocycles. The molecule has 0 saturated carbocycles. The van der Waals surface area contributed by atoms with E-state index in [1.54, 1.807) is 5.38 Å². The molecule has 2 rings (SSSR count). The molecule has 0 fully saturated rings. The number of nitrogens with one attached hydrogen (secondary N) is 1. The lowest BCUT2D eigenvalue weighted by Crippen LogP contribution is -2.14. The zero-order valence-electron chi connectivity index (χ0n) is 10.3. The summed E-state index contributed by atoms with van der Waals surface area (Å²) in [7, 11) is -2.76.